The maximum Gasteiger partial charge on any atom is 0.305 e. The van der Waals surface area contributed by atoms with Gasteiger partial charge in [0.2, 0.25) is 0 Å². The van der Waals surface area contributed by atoms with E-state index in [0.29, 0.717) is 19.4 Å². The molecule has 0 bridgehead atoms. The Morgan fingerprint density at radius 3 is 1.11 bits per heavy atom. The fraction of sp³-hybridized carbons (Fsp3) is 0.938. The van der Waals surface area contributed by atoms with E-state index in [1.807, 2.05) is 0 Å². The summed E-state index contributed by atoms with van der Waals surface area (Å²) in [6.45, 7) is 7.30. The van der Waals surface area contributed by atoms with E-state index in [-0.39, 0.29) is 5.97 Å². The second-order valence-corrected chi connectivity index (χ2v) is 10.5. The average molecular weight is 513 g/mol. The van der Waals surface area contributed by atoms with Crippen molar-refractivity contribution in [1.29, 1.82) is 0 Å². The minimum atomic E-state index is -0.655. The Hall–Kier alpha value is -1.06. The molecule has 216 valence electrons. The highest BCUT2D eigenvalue weighted by molar-refractivity contribution is 5.69. The van der Waals surface area contributed by atoms with Crippen LogP contribution in [-0.2, 0) is 14.3 Å². The molecule has 0 radical (unpaired) electrons. The average Bonchev–Trinajstić information content (AvgIpc) is 2.86. The Morgan fingerprint density at radius 1 is 0.444 bits per heavy atom. The smallest absolute Gasteiger partial charge is 0.305 e. The number of hydrogen-bond acceptors (Lipinski definition) is 3. The van der Waals surface area contributed by atoms with E-state index in [0.717, 1.165) is 25.7 Å². The van der Waals surface area contributed by atoms with Gasteiger partial charge in [0.1, 0.15) is 0 Å². The molecule has 0 amide bonds. The lowest BCUT2D eigenvalue weighted by Gasteiger charge is -2.04. The molecule has 0 aromatic heterocycles. The molecule has 0 fully saturated rings. The van der Waals surface area contributed by atoms with Gasteiger partial charge in [-0.05, 0) is 19.3 Å². The van der Waals surface area contributed by atoms with E-state index >= 15 is 0 Å². The Morgan fingerprint density at radius 2 is 0.750 bits per heavy atom. The molecule has 0 saturated carbocycles. The molecule has 0 aliphatic heterocycles. The summed E-state index contributed by atoms with van der Waals surface area (Å²) in [6, 6.07) is 0. The van der Waals surface area contributed by atoms with Crippen LogP contribution in [0.2, 0.25) is 0 Å². The van der Waals surface area contributed by atoms with Gasteiger partial charge in [0, 0.05) is 12.8 Å². The highest BCUT2D eigenvalue weighted by atomic mass is 16.5. The molecular formula is C32H64O4. The molecular weight excluding hydrogens is 448 g/mol. The van der Waals surface area contributed by atoms with Crippen LogP contribution in [0.4, 0.5) is 0 Å². The molecule has 1 N–H and O–H groups in total. The molecule has 4 heteroatoms. The van der Waals surface area contributed by atoms with Gasteiger partial charge in [0.25, 0.3) is 0 Å². The molecule has 0 heterocycles. The van der Waals surface area contributed by atoms with Crippen molar-refractivity contribution in [2.24, 2.45) is 0 Å². The van der Waals surface area contributed by atoms with Crippen LogP contribution in [0.1, 0.15) is 188 Å². The van der Waals surface area contributed by atoms with E-state index in [9.17, 15) is 9.59 Å². The standard InChI is InChI=1S/2C16H32O2/c1-3-5-7-9-10-11-12-14-16(17)18-15-13-8-6-4-2;1-2-3-4-5-6-7-8-9-10-11-12-13-14-15-16(17)18/h3-15H2,1-2H3;2-15H2,1H3,(H,17,18). The number of carboxylic acid groups (broad SMARTS) is 1. The zero-order valence-corrected chi connectivity index (χ0v) is 24.8. The third kappa shape index (κ3) is 37.5. The normalized spacial score (nSPS) is 10.6. The molecule has 0 rings (SSSR count). The molecule has 0 saturated heterocycles. The Balaban J connectivity index is 0. The minimum absolute atomic E-state index is 0.0000525. The van der Waals surface area contributed by atoms with Gasteiger partial charge in [0.15, 0.2) is 0 Å². The third-order valence-electron chi connectivity index (χ3n) is 6.74. The van der Waals surface area contributed by atoms with Crippen molar-refractivity contribution in [2.45, 2.75) is 188 Å². The van der Waals surface area contributed by atoms with E-state index in [1.54, 1.807) is 0 Å². The van der Waals surface area contributed by atoms with Gasteiger partial charge < -0.3 is 9.84 Å². The van der Waals surface area contributed by atoms with Gasteiger partial charge >= 0.3 is 11.9 Å². The summed E-state index contributed by atoms with van der Waals surface area (Å²) in [7, 11) is 0. The number of carbonyl (C=O) groups excluding carboxylic acids is 1. The number of aliphatic carboxylic acids is 1. The maximum absolute atomic E-state index is 11.4. The SMILES string of the molecule is CCCCCCCCCC(=O)OCCCCCC.CCCCCCCCCCCCCCCC(=O)O. The number of unbranched alkanes of at least 4 members (excludes halogenated alkanes) is 21. The molecule has 0 spiro atoms. The second-order valence-electron chi connectivity index (χ2n) is 10.5. The van der Waals surface area contributed by atoms with Crippen LogP contribution in [0.25, 0.3) is 0 Å². The number of carbonyl (C=O) groups is 2. The van der Waals surface area contributed by atoms with Crippen molar-refractivity contribution in [3.8, 4) is 0 Å². The van der Waals surface area contributed by atoms with Gasteiger partial charge in [-0.25, -0.2) is 0 Å². The molecule has 0 aromatic rings. The quantitative estimate of drug-likeness (QED) is 0.0877. The summed E-state index contributed by atoms with van der Waals surface area (Å²) in [4.78, 5) is 21.7. The lowest BCUT2D eigenvalue weighted by atomic mass is 10.0. The van der Waals surface area contributed by atoms with Gasteiger partial charge in [-0.2, -0.15) is 0 Å². The van der Waals surface area contributed by atoms with E-state index in [4.69, 9.17) is 9.84 Å². The van der Waals surface area contributed by atoms with Gasteiger partial charge in [-0.1, -0.05) is 156 Å². The molecule has 36 heavy (non-hydrogen) atoms. The molecule has 0 unspecified atom stereocenters. The Labute approximate surface area is 225 Å². The van der Waals surface area contributed by atoms with Crippen LogP contribution < -0.4 is 0 Å². The van der Waals surface area contributed by atoms with Crippen LogP contribution in [0.15, 0.2) is 0 Å². The number of hydrogen-bond donors (Lipinski definition) is 1. The lowest BCUT2D eigenvalue weighted by Crippen LogP contribution is -2.05. The van der Waals surface area contributed by atoms with Crippen LogP contribution in [0.3, 0.4) is 0 Å². The minimum Gasteiger partial charge on any atom is -0.481 e. The van der Waals surface area contributed by atoms with Crippen molar-refractivity contribution in [1.82, 2.24) is 0 Å². The van der Waals surface area contributed by atoms with Crippen molar-refractivity contribution >= 4 is 11.9 Å². The fourth-order valence-electron chi connectivity index (χ4n) is 4.31. The largest absolute Gasteiger partial charge is 0.481 e. The monoisotopic (exact) mass is 512 g/mol. The number of esters is 1. The molecule has 0 atom stereocenters. The van der Waals surface area contributed by atoms with Crippen LogP contribution >= 0.6 is 0 Å². The van der Waals surface area contributed by atoms with Gasteiger partial charge in [-0.15, -0.1) is 0 Å². The summed E-state index contributed by atoms with van der Waals surface area (Å²) < 4.78 is 5.19. The fourth-order valence-corrected chi connectivity index (χ4v) is 4.31. The van der Waals surface area contributed by atoms with Crippen molar-refractivity contribution in [3.05, 3.63) is 0 Å². The van der Waals surface area contributed by atoms with Crippen LogP contribution in [0, 0.1) is 0 Å². The van der Waals surface area contributed by atoms with Crippen LogP contribution in [0.5, 0.6) is 0 Å². The second kappa shape index (κ2) is 33.9. The highest BCUT2D eigenvalue weighted by Gasteiger charge is 2.02. The highest BCUT2D eigenvalue weighted by Crippen LogP contribution is 2.13. The summed E-state index contributed by atoms with van der Waals surface area (Å²) in [5, 5.41) is 8.49. The van der Waals surface area contributed by atoms with E-state index in [2.05, 4.69) is 20.8 Å². The first-order valence-electron chi connectivity index (χ1n) is 16.0. The molecule has 0 aromatic carbocycles. The van der Waals surface area contributed by atoms with Crippen molar-refractivity contribution in [2.75, 3.05) is 6.61 Å². The molecule has 0 aliphatic carbocycles. The third-order valence-corrected chi connectivity index (χ3v) is 6.74. The first kappa shape index (κ1) is 37.1. The van der Waals surface area contributed by atoms with Gasteiger partial charge in [0.05, 0.1) is 6.61 Å². The zero-order valence-electron chi connectivity index (χ0n) is 24.8. The van der Waals surface area contributed by atoms with Crippen molar-refractivity contribution in [3.63, 3.8) is 0 Å². The Bertz CT molecular complexity index is 436. The predicted molar refractivity (Wildman–Crippen MR) is 156 cm³/mol. The van der Waals surface area contributed by atoms with Crippen molar-refractivity contribution < 1.29 is 19.4 Å². The number of ether oxygens (including phenoxy) is 1. The summed E-state index contributed by atoms with van der Waals surface area (Å²) in [5.41, 5.74) is 0. The summed E-state index contributed by atoms with van der Waals surface area (Å²) in [5.74, 6) is -0.655. The van der Waals surface area contributed by atoms with Crippen LogP contribution in [-0.4, -0.2) is 23.7 Å². The maximum atomic E-state index is 11.4. The summed E-state index contributed by atoms with van der Waals surface area (Å²) in [6.07, 6.45) is 31.3. The Kier molecular flexibility index (Phi) is 35.0. The molecule has 4 nitrogen and oxygen atoms in total. The van der Waals surface area contributed by atoms with E-state index < -0.39 is 5.97 Å². The van der Waals surface area contributed by atoms with E-state index in [1.165, 1.54) is 128 Å². The number of carboxylic acids is 1. The zero-order chi connectivity index (χ0) is 27.0. The topological polar surface area (TPSA) is 63.6 Å². The number of rotatable bonds is 27. The first-order chi connectivity index (χ1) is 17.6. The van der Waals surface area contributed by atoms with Gasteiger partial charge in [-0.3, -0.25) is 9.59 Å². The first-order valence-corrected chi connectivity index (χ1v) is 16.0. The summed E-state index contributed by atoms with van der Waals surface area (Å²) >= 11 is 0. The molecule has 0 aliphatic rings. The lowest BCUT2D eigenvalue weighted by molar-refractivity contribution is -0.144. The predicted octanol–water partition coefficient (Wildman–Crippen LogP) is 10.8.